The standard InChI is InChI=1S/C23H30N4O3S/c1-14-19-8-7-18(31(2,29)30)13-20(19)25-23(24-14)27-11-9-17(10-12-27)22(28)26-21(15-3-4-15)16-5-6-16/h7-8,13,15-17,21H,3-6,9-12H2,1-2H3,(H,26,28). The number of sulfone groups is 1. The van der Waals surface area contributed by atoms with Gasteiger partial charge in [0.05, 0.1) is 16.1 Å². The van der Waals surface area contributed by atoms with Crippen molar-refractivity contribution < 1.29 is 13.2 Å². The number of hydrogen-bond acceptors (Lipinski definition) is 6. The van der Waals surface area contributed by atoms with Crippen LogP contribution in [0.3, 0.4) is 0 Å². The smallest absolute Gasteiger partial charge is 0.226 e. The van der Waals surface area contributed by atoms with Crippen LogP contribution in [0.5, 0.6) is 0 Å². The molecule has 3 fully saturated rings. The lowest BCUT2D eigenvalue weighted by Gasteiger charge is -2.32. The van der Waals surface area contributed by atoms with Gasteiger partial charge in [-0.3, -0.25) is 4.79 Å². The first-order chi connectivity index (χ1) is 14.8. The second-order valence-electron chi connectivity index (χ2n) is 9.53. The first-order valence-electron chi connectivity index (χ1n) is 11.3. The molecule has 0 bridgehead atoms. The summed E-state index contributed by atoms with van der Waals surface area (Å²) in [6.45, 7) is 3.38. The van der Waals surface area contributed by atoms with Crippen molar-refractivity contribution in [2.45, 2.75) is 56.4 Å². The van der Waals surface area contributed by atoms with Gasteiger partial charge in [0.25, 0.3) is 0 Å². The van der Waals surface area contributed by atoms with Gasteiger partial charge in [0, 0.05) is 36.7 Å². The normalized spacial score (nSPS) is 20.4. The number of nitrogens with zero attached hydrogens (tertiary/aromatic N) is 3. The number of piperidine rings is 1. The van der Waals surface area contributed by atoms with E-state index in [0.29, 0.717) is 29.3 Å². The zero-order valence-corrected chi connectivity index (χ0v) is 19.0. The molecule has 0 unspecified atom stereocenters. The van der Waals surface area contributed by atoms with Crippen molar-refractivity contribution in [1.29, 1.82) is 0 Å². The van der Waals surface area contributed by atoms with E-state index in [9.17, 15) is 13.2 Å². The lowest BCUT2D eigenvalue weighted by Crippen LogP contribution is -2.45. The molecule has 166 valence electrons. The van der Waals surface area contributed by atoms with E-state index >= 15 is 0 Å². The zero-order chi connectivity index (χ0) is 21.8. The average Bonchev–Trinajstić information content (AvgIpc) is 3.64. The molecule has 1 amide bonds. The van der Waals surface area contributed by atoms with Crippen LogP contribution in [0, 0.1) is 24.7 Å². The number of aromatic nitrogens is 2. The quantitative estimate of drug-likeness (QED) is 0.740. The van der Waals surface area contributed by atoms with Crippen LogP contribution in [0.25, 0.3) is 10.9 Å². The van der Waals surface area contributed by atoms with Crippen molar-refractivity contribution in [3.8, 4) is 0 Å². The van der Waals surface area contributed by atoms with Crippen LogP contribution in [0.2, 0.25) is 0 Å². The Labute approximate surface area is 183 Å². The average molecular weight is 443 g/mol. The Morgan fingerprint density at radius 3 is 2.29 bits per heavy atom. The number of carbonyl (C=O) groups excluding carboxylic acids is 1. The van der Waals surface area contributed by atoms with Gasteiger partial charge in [0.15, 0.2) is 9.84 Å². The zero-order valence-electron chi connectivity index (χ0n) is 18.2. The molecule has 1 N–H and O–H groups in total. The SMILES string of the molecule is Cc1nc(N2CCC(C(=O)NC(C3CC3)C3CC3)CC2)nc2cc(S(C)(=O)=O)ccc12. The number of amides is 1. The highest BCUT2D eigenvalue weighted by atomic mass is 32.2. The van der Waals surface area contributed by atoms with E-state index in [2.05, 4.69) is 20.2 Å². The second-order valence-corrected chi connectivity index (χ2v) is 11.5. The highest BCUT2D eigenvalue weighted by Crippen LogP contribution is 2.44. The maximum absolute atomic E-state index is 12.9. The molecular formula is C23H30N4O3S. The molecule has 2 saturated carbocycles. The Morgan fingerprint density at radius 1 is 1.06 bits per heavy atom. The summed E-state index contributed by atoms with van der Waals surface area (Å²) in [6.07, 6.45) is 7.84. The van der Waals surface area contributed by atoms with Gasteiger partial charge in [-0.1, -0.05) is 0 Å². The fraction of sp³-hybridized carbons (Fsp3) is 0.609. The molecule has 5 rings (SSSR count). The Bertz CT molecular complexity index is 1110. The summed E-state index contributed by atoms with van der Waals surface area (Å²) in [5.41, 5.74) is 1.47. The highest BCUT2D eigenvalue weighted by Gasteiger charge is 2.43. The van der Waals surface area contributed by atoms with Gasteiger partial charge < -0.3 is 10.2 Å². The van der Waals surface area contributed by atoms with E-state index in [-0.39, 0.29) is 16.7 Å². The molecule has 1 aliphatic heterocycles. The molecule has 1 aromatic carbocycles. The molecule has 7 nitrogen and oxygen atoms in total. The number of rotatable bonds is 6. The lowest BCUT2D eigenvalue weighted by atomic mass is 9.95. The molecular weight excluding hydrogens is 412 g/mol. The second kappa shape index (κ2) is 7.73. The summed E-state index contributed by atoms with van der Waals surface area (Å²) in [6, 6.07) is 5.41. The maximum atomic E-state index is 12.9. The Balaban J connectivity index is 1.28. The molecule has 0 spiro atoms. The first-order valence-corrected chi connectivity index (χ1v) is 13.2. The van der Waals surface area contributed by atoms with E-state index in [1.165, 1.54) is 31.9 Å². The lowest BCUT2D eigenvalue weighted by molar-refractivity contribution is -0.126. The molecule has 31 heavy (non-hydrogen) atoms. The van der Waals surface area contributed by atoms with Crippen LogP contribution in [0.4, 0.5) is 5.95 Å². The van der Waals surface area contributed by atoms with Gasteiger partial charge in [-0.05, 0) is 75.5 Å². The van der Waals surface area contributed by atoms with Gasteiger partial charge in [0.1, 0.15) is 0 Å². The summed E-state index contributed by atoms with van der Waals surface area (Å²) in [5, 5.41) is 4.23. The minimum atomic E-state index is -3.29. The summed E-state index contributed by atoms with van der Waals surface area (Å²) < 4.78 is 23.8. The number of hydrogen-bond donors (Lipinski definition) is 1. The third-order valence-electron chi connectivity index (χ3n) is 6.99. The summed E-state index contributed by atoms with van der Waals surface area (Å²) in [7, 11) is -3.29. The molecule has 1 aromatic heterocycles. The van der Waals surface area contributed by atoms with E-state index in [1.807, 2.05) is 6.92 Å². The molecule has 1 saturated heterocycles. The van der Waals surface area contributed by atoms with Crippen LogP contribution in [-0.4, -0.2) is 49.7 Å². The van der Waals surface area contributed by atoms with Crippen molar-refractivity contribution in [2.24, 2.45) is 17.8 Å². The number of fused-ring (bicyclic) bond motifs is 1. The monoisotopic (exact) mass is 442 g/mol. The van der Waals surface area contributed by atoms with Gasteiger partial charge in [-0.2, -0.15) is 0 Å². The largest absolute Gasteiger partial charge is 0.353 e. The van der Waals surface area contributed by atoms with Crippen LogP contribution >= 0.6 is 0 Å². The van der Waals surface area contributed by atoms with Crippen LogP contribution < -0.4 is 10.2 Å². The van der Waals surface area contributed by atoms with E-state index in [4.69, 9.17) is 0 Å². The van der Waals surface area contributed by atoms with Gasteiger partial charge in [0.2, 0.25) is 11.9 Å². The fourth-order valence-electron chi connectivity index (χ4n) is 4.78. The third kappa shape index (κ3) is 4.40. The van der Waals surface area contributed by atoms with Crippen molar-refractivity contribution in [3.05, 3.63) is 23.9 Å². The van der Waals surface area contributed by atoms with Crippen LogP contribution in [0.15, 0.2) is 23.1 Å². The van der Waals surface area contributed by atoms with Gasteiger partial charge in [-0.25, -0.2) is 18.4 Å². The number of nitrogens with one attached hydrogen (secondary N) is 1. The molecule has 2 aromatic rings. The number of carbonyl (C=O) groups is 1. The molecule has 3 aliphatic rings. The number of aryl methyl sites for hydroxylation is 1. The molecule has 2 heterocycles. The Hall–Kier alpha value is -2.22. The van der Waals surface area contributed by atoms with Crippen molar-refractivity contribution in [1.82, 2.24) is 15.3 Å². The molecule has 2 aliphatic carbocycles. The van der Waals surface area contributed by atoms with Gasteiger partial charge in [-0.15, -0.1) is 0 Å². The highest BCUT2D eigenvalue weighted by molar-refractivity contribution is 7.90. The third-order valence-corrected chi connectivity index (χ3v) is 8.10. The first kappa shape index (κ1) is 20.7. The van der Waals surface area contributed by atoms with Crippen molar-refractivity contribution in [3.63, 3.8) is 0 Å². The molecule has 8 heteroatoms. The van der Waals surface area contributed by atoms with Gasteiger partial charge >= 0.3 is 0 Å². The fourth-order valence-corrected chi connectivity index (χ4v) is 5.42. The topological polar surface area (TPSA) is 92.3 Å². The summed E-state index contributed by atoms with van der Waals surface area (Å²) in [5.74, 6) is 2.31. The molecule has 0 radical (unpaired) electrons. The minimum absolute atomic E-state index is 0.0506. The van der Waals surface area contributed by atoms with E-state index in [1.54, 1.807) is 18.2 Å². The van der Waals surface area contributed by atoms with Crippen molar-refractivity contribution in [2.75, 3.05) is 24.2 Å². The van der Waals surface area contributed by atoms with Crippen molar-refractivity contribution >= 4 is 32.6 Å². The summed E-state index contributed by atoms with van der Waals surface area (Å²) in [4.78, 5) is 24.6. The van der Waals surface area contributed by atoms with Crippen LogP contribution in [0.1, 0.15) is 44.2 Å². The number of benzene rings is 1. The van der Waals surface area contributed by atoms with E-state index in [0.717, 1.165) is 37.0 Å². The Kier molecular flexibility index (Phi) is 5.15. The van der Waals surface area contributed by atoms with Crippen LogP contribution in [-0.2, 0) is 14.6 Å². The minimum Gasteiger partial charge on any atom is -0.353 e. The predicted molar refractivity (Wildman–Crippen MR) is 120 cm³/mol. The predicted octanol–water partition coefficient (Wildman–Crippen LogP) is 2.86. The Morgan fingerprint density at radius 2 is 1.71 bits per heavy atom. The maximum Gasteiger partial charge on any atom is 0.226 e. The van der Waals surface area contributed by atoms with E-state index < -0.39 is 9.84 Å². The summed E-state index contributed by atoms with van der Waals surface area (Å²) >= 11 is 0. The molecule has 0 atom stereocenters. The number of anilines is 1.